The van der Waals surface area contributed by atoms with E-state index < -0.39 is 5.41 Å². The Morgan fingerprint density at radius 3 is 1.71 bits per heavy atom. The lowest BCUT2D eigenvalue weighted by Gasteiger charge is -2.33. The van der Waals surface area contributed by atoms with Crippen molar-refractivity contribution in [1.82, 2.24) is 0 Å². The topological polar surface area (TPSA) is 68.2 Å². The first-order valence-corrected chi connectivity index (χ1v) is 8.08. The minimum absolute atomic E-state index is 0.0177. The number of unbranched alkanes of at least 4 members (excludes halogenated alkanes) is 1. The van der Waals surface area contributed by atoms with Crippen molar-refractivity contribution in [2.75, 3.05) is 52.9 Å². The maximum Gasteiger partial charge on any atom is 0.0701 e. The SMILES string of the molecule is CCCCOCCOCCOCCC(CO)(CO)C(C)C. The second-order valence-electron chi connectivity index (χ2n) is 5.77. The fourth-order valence-corrected chi connectivity index (χ4v) is 1.93. The second-order valence-corrected chi connectivity index (χ2v) is 5.77. The molecule has 0 fully saturated rings. The molecule has 0 spiro atoms. The minimum atomic E-state index is -0.450. The van der Waals surface area contributed by atoms with Gasteiger partial charge in [0.15, 0.2) is 0 Å². The highest BCUT2D eigenvalue weighted by Gasteiger charge is 2.32. The molecule has 5 nitrogen and oxygen atoms in total. The largest absolute Gasteiger partial charge is 0.396 e. The number of hydrogen-bond donors (Lipinski definition) is 2. The summed E-state index contributed by atoms with van der Waals surface area (Å²) in [6.07, 6.45) is 2.89. The molecule has 21 heavy (non-hydrogen) atoms. The van der Waals surface area contributed by atoms with Crippen LogP contribution >= 0.6 is 0 Å². The Morgan fingerprint density at radius 2 is 1.29 bits per heavy atom. The van der Waals surface area contributed by atoms with Crippen molar-refractivity contribution in [1.29, 1.82) is 0 Å². The summed E-state index contributed by atoms with van der Waals surface area (Å²) in [6.45, 7) is 9.74. The molecule has 128 valence electrons. The molecule has 0 rings (SSSR count). The normalized spacial score (nSPS) is 12.3. The van der Waals surface area contributed by atoms with Gasteiger partial charge >= 0.3 is 0 Å². The highest BCUT2D eigenvalue weighted by molar-refractivity contribution is 4.80. The lowest BCUT2D eigenvalue weighted by molar-refractivity contribution is -0.0273. The van der Waals surface area contributed by atoms with Crippen LogP contribution in [0, 0.1) is 11.3 Å². The van der Waals surface area contributed by atoms with Gasteiger partial charge in [0.25, 0.3) is 0 Å². The van der Waals surface area contributed by atoms with Crippen LogP contribution in [0.1, 0.15) is 40.0 Å². The summed E-state index contributed by atoms with van der Waals surface area (Å²) in [6, 6.07) is 0. The molecular weight excluding hydrogens is 272 g/mol. The van der Waals surface area contributed by atoms with Crippen LogP contribution in [0.2, 0.25) is 0 Å². The Kier molecular flexibility index (Phi) is 13.3. The average Bonchev–Trinajstić information content (AvgIpc) is 2.49. The van der Waals surface area contributed by atoms with Crippen LogP contribution in [0.25, 0.3) is 0 Å². The summed E-state index contributed by atoms with van der Waals surface area (Å²) in [5.74, 6) is 0.215. The monoisotopic (exact) mass is 306 g/mol. The van der Waals surface area contributed by atoms with Crippen LogP contribution in [0.4, 0.5) is 0 Å². The van der Waals surface area contributed by atoms with Gasteiger partial charge in [0.05, 0.1) is 39.6 Å². The van der Waals surface area contributed by atoms with E-state index in [9.17, 15) is 10.2 Å². The van der Waals surface area contributed by atoms with Gasteiger partial charge in [0, 0.05) is 18.6 Å². The standard InChI is InChI=1S/C16H34O5/c1-4-5-7-19-9-11-21-12-10-20-8-6-16(13-17,14-18)15(2)3/h15,17-18H,4-14H2,1-3H3. The zero-order valence-electron chi connectivity index (χ0n) is 14.0. The average molecular weight is 306 g/mol. The molecule has 0 radical (unpaired) electrons. The Hall–Kier alpha value is -0.200. The number of aliphatic hydroxyl groups is 2. The molecule has 0 atom stereocenters. The summed E-state index contributed by atoms with van der Waals surface area (Å²) < 4.78 is 16.3. The van der Waals surface area contributed by atoms with Gasteiger partial charge < -0.3 is 24.4 Å². The van der Waals surface area contributed by atoms with Crippen molar-refractivity contribution in [2.45, 2.75) is 40.0 Å². The van der Waals surface area contributed by atoms with Gasteiger partial charge in [-0.15, -0.1) is 0 Å². The molecule has 5 heteroatoms. The van der Waals surface area contributed by atoms with Gasteiger partial charge in [-0.05, 0) is 18.8 Å². The zero-order valence-corrected chi connectivity index (χ0v) is 14.0. The fourth-order valence-electron chi connectivity index (χ4n) is 1.93. The number of hydrogen-bond acceptors (Lipinski definition) is 5. The molecule has 0 aromatic rings. The van der Waals surface area contributed by atoms with Crippen molar-refractivity contribution in [3.63, 3.8) is 0 Å². The Balaban J connectivity index is 3.46. The predicted octanol–water partition coefficient (Wildman–Crippen LogP) is 1.85. The first-order chi connectivity index (χ1) is 10.1. The van der Waals surface area contributed by atoms with E-state index in [4.69, 9.17) is 14.2 Å². The zero-order chi connectivity index (χ0) is 16.0. The first-order valence-electron chi connectivity index (χ1n) is 8.08. The van der Waals surface area contributed by atoms with E-state index in [1.165, 1.54) is 0 Å². The second kappa shape index (κ2) is 13.5. The lowest BCUT2D eigenvalue weighted by atomic mass is 9.76. The smallest absolute Gasteiger partial charge is 0.0701 e. The predicted molar refractivity (Wildman–Crippen MR) is 83.4 cm³/mol. The number of aliphatic hydroxyl groups excluding tert-OH is 2. The van der Waals surface area contributed by atoms with Gasteiger partial charge in [0.1, 0.15) is 0 Å². The third kappa shape index (κ3) is 9.42. The molecule has 0 aliphatic carbocycles. The Morgan fingerprint density at radius 1 is 0.810 bits per heavy atom. The van der Waals surface area contributed by atoms with Gasteiger partial charge in [-0.3, -0.25) is 0 Å². The summed E-state index contributed by atoms with van der Waals surface area (Å²) in [7, 11) is 0. The summed E-state index contributed by atoms with van der Waals surface area (Å²) in [4.78, 5) is 0. The molecule has 0 amide bonds. The maximum atomic E-state index is 9.45. The van der Waals surface area contributed by atoms with Crippen molar-refractivity contribution < 1.29 is 24.4 Å². The molecule has 0 aliphatic rings. The van der Waals surface area contributed by atoms with E-state index in [-0.39, 0.29) is 19.1 Å². The molecule has 0 saturated carbocycles. The third-order valence-corrected chi connectivity index (χ3v) is 3.99. The highest BCUT2D eigenvalue weighted by atomic mass is 16.5. The molecule has 0 unspecified atom stereocenters. The summed E-state index contributed by atoms with van der Waals surface area (Å²) in [5, 5.41) is 18.9. The van der Waals surface area contributed by atoms with Crippen LogP contribution in [0.5, 0.6) is 0 Å². The van der Waals surface area contributed by atoms with Crippen LogP contribution in [0.3, 0.4) is 0 Å². The van der Waals surface area contributed by atoms with Crippen molar-refractivity contribution >= 4 is 0 Å². The van der Waals surface area contributed by atoms with Crippen molar-refractivity contribution in [3.8, 4) is 0 Å². The third-order valence-electron chi connectivity index (χ3n) is 3.99. The summed E-state index contributed by atoms with van der Waals surface area (Å²) in [5.41, 5.74) is -0.450. The first kappa shape index (κ1) is 20.8. The van der Waals surface area contributed by atoms with E-state index in [0.29, 0.717) is 39.5 Å². The van der Waals surface area contributed by atoms with Crippen molar-refractivity contribution in [2.24, 2.45) is 11.3 Å². The van der Waals surface area contributed by atoms with E-state index in [0.717, 1.165) is 19.4 Å². The number of rotatable bonds is 15. The number of ether oxygens (including phenoxy) is 3. The molecule has 0 aliphatic heterocycles. The van der Waals surface area contributed by atoms with E-state index in [2.05, 4.69) is 6.92 Å². The fraction of sp³-hybridized carbons (Fsp3) is 1.00. The van der Waals surface area contributed by atoms with Gasteiger partial charge in [-0.2, -0.15) is 0 Å². The van der Waals surface area contributed by atoms with Gasteiger partial charge in [-0.1, -0.05) is 27.2 Å². The van der Waals surface area contributed by atoms with Gasteiger partial charge in [0.2, 0.25) is 0 Å². The molecule has 0 saturated heterocycles. The molecule has 0 aromatic carbocycles. The molecule has 2 N–H and O–H groups in total. The van der Waals surface area contributed by atoms with E-state index in [1.807, 2.05) is 13.8 Å². The lowest BCUT2D eigenvalue weighted by Crippen LogP contribution is -2.36. The minimum Gasteiger partial charge on any atom is -0.396 e. The molecule has 0 aromatic heterocycles. The van der Waals surface area contributed by atoms with E-state index >= 15 is 0 Å². The quantitative estimate of drug-likeness (QED) is 0.452. The molecule has 0 bridgehead atoms. The van der Waals surface area contributed by atoms with Gasteiger partial charge in [-0.25, -0.2) is 0 Å². The van der Waals surface area contributed by atoms with Crippen LogP contribution in [-0.4, -0.2) is 63.1 Å². The Bertz CT molecular complexity index is 217. The maximum absolute atomic E-state index is 9.45. The van der Waals surface area contributed by atoms with E-state index in [1.54, 1.807) is 0 Å². The Labute approximate surface area is 129 Å². The van der Waals surface area contributed by atoms with Crippen LogP contribution in [0.15, 0.2) is 0 Å². The molecule has 0 heterocycles. The summed E-state index contributed by atoms with van der Waals surface area (Å²) >= 11 is 0. The molecular formula is C16H34O5. The van der Waals surface area contributed by atoms with Crippen molar-refractivity contribution in [3.05, 3.63) is 0 Å². The van der Waals surface area contributed by atoms with Crippen LogP contribution in [-0.2, 0) is 14.2 Å². The highest BCUT2D eigenvalue weighted by Crippen LogP contribution is 2.30. The van der Waals surface area contributed by atoms with Crippen LogP contribution < -0.4 is 0 Å².